The van der Waals surface area contributed by atoms with Crippen LogP contribution in [0.15, 0.2) is 54.6 Å². The summed E-state index contributed by atoms with van der Waals surface area (Å²) in [7, 11) is 0. The van der Waals surface area contributed by atoms with Crippen LogP contribution in [0.25, 0.3) is 0 Å². The summed E-state index contributed by atoms with van der Waals surface area (Å²) >= 11 is 5.85. The molecular weight excluding hydrogens is 244 g/mol. The number of ketones is 1. The molecule has 0 N–H and O–H groups in total. The van der Waals surface area contributed by atoms with Crippen LogP contribution >= 0.6 is 11.6 Å². The summed E-state index contributed by atoms with van der Waals surface area (Å²) in [5.41, 5.74) is 1.92. The summed E-state index contributed by atoms with van der Waals surface area (Å²) in [5.74, 6) is 0.382. The third-order valence-corrected chi connectivity index (χ3v) is 3.28. The number of hydrogen-bond donors (Lipinski definition) is 0. The van der Waals surface area contributed by atoms with Crippen molar-refractivity contribution >= 4 is 17.4 Å². The zero-order chi connectivity index (χ0) is 13.0. The van der Waals surface area contributed by atoms with Crippen molar-refractivity contribution in [3.05, 3.63) is 70.7 Å². The highest BCUT2D eigenvalue weighted by atomic mass is 35.5. The number of benzene rings is 2. The van der Waals surface area contributed by atoms with Crippen molar-refractivity contribution in [2.24, 2.45) is 0 Å². The zero-order valence-electron chi connectivity index (χ0n) is 10.3. The number of carbonyl (C=O) groups excluding carboxylic acids is 1. The lowest BCUT2D eigenvalue weighted by atomic mass is 9.93. The van der Waals surface area contributed by atoms with Crippen molar-refractivity contribution in [3.8, 4) is 0 Å². The van der Waals surface area contributed by atoms with Crippen LogP contribution in [0.1, 0.15) is 35.2 Å². The average molecular weight is 259 g/mol. The van der Waals surface area contributed by atoms with Gasteiger partial charge in [-0.25, -0.2) is 0 Å². The van der Waals surface area contributed by atoms with Gasteiger partial charge in [0.15, 0.2) is 5.78 Å². The Bertz CT molecular complexity index is 517. The fourth-order valence-electron chi connectivity index (χ4n) is 1.93. The number of halogens is 1. The van der Waals surface area contributed by atoms with Gasteiger partial charge in [-0.1, -0.05) is 61.0 Å². The van der Waals surface area contributed by atoms with E-state index in [0.29, 0.717) is 6.42 Å². The first kappa shape index (κ1) is 12.8. The molecule has 0 radical (unpaired) electrons. The van der Waals surface area contributed by atoms with E-state index in [1.54, 1.807) is 0 Å². The molecule has 0 spiro atoms. The van der Waals surface area contributed by atoms with Crippen molar-refractivity contribution in [2.75, 3.05) is 0 Å². The Morgan fingerprint density at radius 2 is 1.67 bits per heavy atom. The SMILES string of the molecule is CC(CC(=O)c1ccccc1)c1ccc(Cl)cc1. The lowest BCUT2D eigenvalue weighted by Gasteiger charge is -2.11. The molecule has 2 aromatic rings. The zero-order valence-corrected chi connectivity index (χ0v) is 11.0. The van der Waals surface area contributed by atoms with E-state index in [4.69, 9.17) is 11.6 Å². The van der Waals surface area contributed by atoms with Crippen molar-refractivity contribution in [1.29, 1.82) is 0 Å². The summed E-state index contributed by atoms with van der Waals surface area (Å²) in [5, 5.41) is 0.723. The minimum atomic E-state index is 0.179. The maximum absolute atomic E-state index is 12.1. The minimum Gasteiger partial charge on any atom is -0.294 e. The van der Waals surface area contributed by atoms with E-state index in [-0.39, 0.29) is 11.7 Å². The van der Waals surface area contributed by atoms with Gasteiger partial charge in [-0.05, 0) is 23.6 Å². The topological polar surface area (TPSA) is 17.1 Å². The summed E-state index contributed by atoms with van der Waals surface area (Å²) in [6.45, 7) is 2.06. The highest BCUT2D eigenvalue weighted by Gasteiger charge is 2.12. The van der Waals surface area contributed by atoms with E-state index in [1.807, 2.05) is 54.6 Å². The van der Waals surface area contributed by atoms with Crippen LogP contribution in [-0.4, -0.2) is 5.78 Å². The van der Waals surface area contributed by atoms with Crippen molar-refractivity contribution < 1.29 is 4.79 Å². The van der Waals surface area contributed by atoms with E-state index in [0.717, 1.165) is 16.1 Å². The molecule has 0 aliphatic carbocycles. The first-order valence-corrected chi connectivity index (χ1v) is 6.38. The van der Waals surface area contributed by atoms with Gasteiger partial charge in [0.05, 0.1) is 0 Å². The van der Waals surface area contributed by atoms with E-state index in [9.17, 15) is 4.79 Å². The number of rotatable bonds is 4. The van der Waals surface area contributed by atoms with Crippen LogP contribution in [0.4, 0.5) is 0 Å². The van der Waals surface area contributed by atoms with Crippen LogP contribution in [0.5, 0.6) is 0 Å². The third-order valence-electron chi connectivity index (χ3n) is 3.03. The summed E-state index contributed by atoms with van der Waals surface area (Å²) in [4.78, 5) is 12.1. The molecule has 0 saturated carbocycles. The first-order chi connectivity index (χ1) is 8.66. The van der Waals surface area contributed by atoms with Gasteiger partial charge in [-0.15, -0.1) is 0 Å². The second kappa shape index (κ2) is 5.83. The fraction of sp³-hybridized carbons (Fsp3) is 0.188. The Morgan fingerprint density at radius 1 is 1.06 bits per heavy atom. The Balaban J connectivity index is 2.06. The average Bonchev–Trinajstić information content (AvgIpc) is 2.40. The monoisotopic (exact) mass is 258 g/mol. The molecule has 0 aliphatic heterocycles. The Morgan fingerprint density at radius 3 is 2.28 bits per heavy atom. The minimum absolute atomic E-state index is 0.179. The molecule has 2 aromatic carbocycles. The summed E-state index contributed by atoms with van der Waals surface area (Å²) in [6, 6.07) is 17.1. The van der Waals surface area contributed by atoms with Gasteiger partial charge in [0, 0.05) is 17.0 Å². The van der Waals surface area contributed by atoms with Gasteiger partial charge < -0.3 is 0 Å². The Kier molecular flexibility index (Phi) is 4.16. The molecule has 0 fully saturated rings. The van der Waals surface area contributed by atoms with Crippen LogP contribution in [0, 0.1) is 0 Å². The number of carbonyl (C=O) groups is 1. The second-order valence-electron chi connectivity index (χ2n) is 4.45. The van der Waals surface area contributed by atoms with Gasteiger partial charge in [0.1, 0.15) is 0 Å². The standard InChI is InChI=1S/C16H15ClO/c1-12(13-7-9-15(17)10-8-13)11-16(18)14-5-3-2-4-6-14/h2-10,12H,11H2,1H3. The molecule has 0 aliphatic rings. The van der Waals surface area contributed by atoms with E-state index in [1.165, 1.54) is 0 Å². The molecule has 92 valence electrons. The Labute approximate surface area is 112 Å². The van der Waals surface area contributed by atoms with Crippen LogP contribution in [-0.2, 0) is 0 Å². The Hall–Kier alpha value is -1.60. The van der Waals surface area contributed by atoms with Crippen LogP contribution in [0.2, 0.25) is 5.02 Å². The maximum atomic E-state index is 12.1. The summed E-state index contributed by atoms with van der Waals surface area (Å²) in [6.07, 6.45) is 0.519. The molecule has 1 atom stereocenters. The molecule has 1 nitrogen and oxygen atoms in total. The number of Topliss-reactive ketones (excluding diaryl/α,β-unsaturated/α-hetero) is 1. The molecule has 0 amide bonds. The van der Waals surface area contributed by atoms with Gasteiger partial charge in [-0.2, -0.15) is 0 Å². The van der Waals surface area contributed by atoms with Crippen molar-refractivity contribution in [3.63, 3.8) is 0 Å². The normalized spacial score (nSPS) is 12.1. The molecule has 1 unspecified atom stereocenters. The molecular formula is C16H15ClO. The highest BCUT2D eigenvalue weighted by Crippen LogP contribution is 2.22. The summed E-state index contributed by atoms with van der Waals surface area (Å²) < 4.78 is 0. The van der Waals surface area contributed by atoms with Gasteiger partial charge in [-0.3, -0.25) is 4.79 Å². The first-order valence-electron chi connectivity index (χ1n) is 6.00. The predicted molar refractivity (Wildman–Crippen MR) is 75.3 cm³/mol. The highest BCUT2D eigenvalue weighted by molar-refractivity contribution is 6.30. The fourth-order valence-corrected chi connectivity index (χ4v) is 2.06. The van der Waals surface area contributed by atoms with E-state index >= 15 is 0 Å². The van der Waals surface area contributed by atoms with Gasteiger partial charge >= 0.3 is 0 Å². The van der Waals surface area contributed by atoms with Crippen LogP contribution in [0.3, 0.4) is 0 Å². The smallest absolute Gasteiger partial charge is 0.163 e. The van der Waals surface area contributed by atoms with E-state index < -0.39 is 0 Å². The molecule has 0 saturated heterocycles. The maximum Gasteiger partial charge on any atom is 0.163 e. The van der Waals surface area contributed by atoms with Gasteiger partial charge in [0.2, 0.25) is 0 Å². The lowest BCUT2D eigenvalue weighted by Crippen LogP contribution is -2.04. The molecule has 2 heteroatoms. The number of hydrogen-bond acceptors (Lipinski definition) is 1. The molecule has 0 aromatic heterocycles. The predicted octanol–water partition coefficient (Wildman–Crippen LogP) is 4.72. The van der Waals surface area contributed by atoms with Crippen LogP contribution < -0.4 is 0 Å². The third kappa shape index (κ3) is 3.21. The van der Waals surface area contributed by atoms with E-state index in [2.05, 4.69) is 6.92 Å². The molecule has 0 bridgehead atoms. The second-order valence-corrected chi connectivity index (χ2v) is 4.88. The molecule has 0 heterocycles. The quantitative estimate of drug-likeness (QED) is 0.726. The largest absolute Gasteiger partial charge is 0.294 e. The molecule has 18 heavy (non-hydrogen) atoms. The van der Waals surface area contributed by atoms with Crippen molar-refractivity contribution in [2.45, 2.75) is 19.3 Å². The lowest BCUT2D eigenvalue weighted by molar-refractivity contribution is 0.0975. The van der Waals surface area contributed by atoms with Gasteiger partial charge in [0.25, 0.3) is 0 Å². The van der Waals surface area contributed by atoms with Crippen molar-refractivity contribution in [1.82, 2.24) is 0 Å². The molecule has 2 rings (SSSR count).